The number of thioether (sulfide) groups is 1. The summed E-state index contributed by atoms with van der Waals surface area (Å²) in [6.45, 7) is 5.07. The lowest BCUT2D eigenvalue weighted by atomic mass is 9.94. The van der Waals surface area contributed by atoms with Crippen LogP contribution in [0, 0.1) is 17.7 Å². The second-order valence-corrected chi connectivity index (χ2v) is 7.03. The molecule has 0 fully saturated rings. The molecule has 0 aliphatic heterocycles. The monoisotopic (exact) mass is 327 g/mol. The molecule has 124 valence electrons. The van der Waals surface area contributed by atoms with Crippen LogP contribution in [0.1, 0.15) is 33.1 Å². The second-order valence-electron chi connectivity index (χ2n) is 5.86. The van der Waals surface area contributed by atoms with Gasteiger partial charge in [0.1, 0.15) is 5.82 Å². The highest BCUT2D eigenvalue weighted by Gasteiger charge is 2.12. The van der Waals surface area contributed by atoms with Crippen molar-refractivity contribution >= 4 is 17.7 Å². The SMILES string of the molecule is CC(C)CC(CCO)CNC(=O)CCSc1ccc(F)cc1. The first-order chi connectivity index (χ1) is 10.5. The number of benzene rings is 1. The van der Waals surface area contributed by atoms with Crippen molar-refractivity contribution in [2.45, 2.75) is 38.0 Å². The van der Waals surface area contributed by atoms with Gasteiger partial charge in [-0.1, -0.05) is 13.8 Å². The van der Waals surface area contributed by atoms with E-state index in [2.05, 4.69) is 19.2 Å². The van der Waals surface area contributed by atoms with E-state index in [9.17, 15) is 9.18 Å². The van der Waals surface area contributed by atoms with E-state index in [0.29, 0.717) is 30.6 Å². The molecule has 0 heterocycles. The van der Waals surface area contributed by atoms with Gasteiger partial charge < -0.3 is 10.4 Å². The standard InChI is InChI=1S/C17H26FNO2S/c1-13(2)11-14(7-9-20)12-19-17(21)8-10-22-16-5-3-15(18)4-6-16/h3-6,13-14,20H,7-12H2,1-2H3,(H,19,21). The highest BCUT2D eigenvalue weighted by Crippen LogP contribution is 2.19. The number of nitrogens with one attached hydrogen (secondary N) is 1. The minimum atomic E-state index is -0.248. The van der Waals surface area contributed by atoms with Crippen LogP contribution >= 0.6 is 11.8 Å². The van der Waals surface area contributed by atoms with Crippen molar-refractivity contribution in [2.24, 2.45) is 11.8 Å². The van der Waals surface area contributed by atoms with E-state index in [1.807, 2.05) is 0 Å². The third kappa shape index (κ3) is 8.39. The smallest absolute Gasteiger partial charge is 0.220 e. The number of carbonyl (C=O) groups excluding carboxylic acids is 1. The highest BCUT2D eigenvalue weighted by molar-refractivity contribution is 7.99. The molecule has 1 aromatic rings. The van der Waals surface area contributed by atoms with Crippen LogP contribution in [-0.2, 0) is 4.79 Å². The Morgan fingerprint density at radius 2 is 2.00 bits per heavy atom. The zero-order valence-corrected chi connectivity index (χ0v) is 14.2. The number of carbonyl (C=O) groups is 1. The van der Waals surface area contributed by atoms with Crippen LogP contribution < -0.4 is 5.32 Å². The minimum absolute atomic E-state index is 0.0290. The van der Waals surface area contributed by atoms with Crippen molar-refractivity contribution < 1.29 is 14.3 Å². The minimum Gasteiger partial charge on any atom is -0.396 e. The summed E-state index contributed by atoms with van der Waals surface area (Å²) in [6.07, 6.45) is 2.17. The summed E-state index contributed by atoms with van der Waals surface area (Å²) in [7, 11) is 0. The predicted octanol–water partition coefficient (Wildman–Crippen LogP) is 3.47. The van der Waals surface area contributed by atoms with Crippen LogP contribution in [0.25, 0.3) is 0 Å². The first-order valence-corrected chi connectivity index (χ1v) is 8.75. The van der Waals surface area contributed by atoms with Crippen molar-refractivity contribution in [3.63, 3.8) is 0 Å². The van der Waals surface area contributed by atoms with Gasteiger partial charge in [0.15, 0.2) is 0 Å². The zero-order valence-electron chi connectivity index (χ0n) is 13.3. The maximum absolute atomic E-state index is 12.8. The number of rotatable bonds is 10. The van der Waals surface area contributed by atoms with E-state index >= 15 is 0 Å². The number of aliphatic hydroxyl groups is 1. The molecule has 3 nitrogen and oxygen atoms in total. The summed E-state index contributed by atoms with van der Waals surface area (Å²) >= 11 is 1.55. The van der Waals surface area contributed by atoms with E-state index in [4.69, 9.17) is 5.11 Å². The second kappa shape index (κ2) is 10.6. The molecule has 0 spiro atoms. The van der Waals surface area contributed by atoms with Crippen LogP contribution in [0.15, 0.2) is 29.2 Å². The van der Waals surface area contributed by atoms with E-state index < -0.39 is 0 Å². The molecule has 2 N–H and O–H groups in total. The summed E-state index contributed by atoms with van der Waals surface area (Å²) in [4.78, 5) is 12.8. The molecule has 1 amide bonds. The molecule has 1 rings (SSSR count). The summed E-state index contributed by atoms with van der Waals surface area (Å²) in [5, 5.41) is 12.0. The van der Waals surface area contributed by atoms with Crippen LogP contribution in [0.4, 0.5) is 4.39 Å². The Morgan fingerprint density at radius 1 is 1.32 bits per heavy atom. The molecule has 0 bridgehead atoms. The van der Waals surface area contributed by atoms with Crippen molar-refractivity contribution in [2.75, 3.05) is 18.9 Å². The molecule has 0 aromatic heterocycles. The molecule has 0 aliphatic carbocycles. The maximum atomic E-state index is 12.8. The van der Waals surface area contributed by atoms with Crippen LogP contribution in [-0.4, -0.2) is 29.9 Å². The van der Waals surface area contributed by atoms with E-state index in [1.165, 1.54) is 12.1 Å². The quantitative estimate of drug-likeness (QED) is 0.647. The molecule has 1 atom stereocenters. The molecular weight excluding hydrogens is 301 g/mol. The number of aliphatic hydroxyl groups excluding tert-OH is 1. The first-order valence-electron chi connectivity index (χ1n) is 7.77. The Hall–Kier alpha value is -1.07. The van der Waals surface area contributed by atoms with Gasteiger partial charge in [0.05, 0.1) is 0 Å². The molecule has 0 saturated carbocycles. The average Bonchev–Trinajstić information content (AvgIpc) is 2.46. The van der Waals surface area contributed by atoms with Gasteiger partial charge >= 0.3 is 0 Å². The fourth-order valence-electron chi connectivity index (χ4n) is 2.29. The number of halogens is 1. The molecule has 22 heavy (non-hydrogen) atoms. The average molecular weight is 327 g/mol. The van der Waals surface area contributed by atoms with E-state index in [1.54, 1.807) is 23.9 Å². The Kier molecular flexibility index (Phi) is 9.16. The summed E-state index contributed by atoms with van der Waals surface area (Å²) < 4.78 is 12.8. The lowest BCUT2D eigenvalue weighted by Crippen LogP contribution is -2.30. The maximum Gasteiger partial charge on any atom is 0.220 e. The molecule has 0 radical (unpaired) electrons. The van der Waals surface area contributed by atoms with E-state index in [0.717, 1.165) is 17.7 Å². The molecular formula is C17H26FNO2S. The van der Waals surface area contributed by atoms with Gasteiger partial charge in [0.2, 0.25) is 5.91 Å². The van der Waals surface area contributed by atoms with Gasteiger partial charge in [-0.25, -0.2) is 4.39 Å². The van der Waals surface area contributed by atoms with Gasteiger partial charge in [-0.05, 0) is 48.9 Å². The number of hydrogen-bond acceptors (Lipinski definition) is 3. The first kappa shape index (κ1) is 19.0. The summed E-state index contributed by atoms with van der Waals surface area (Å²) in [5.41, 5.74) is 0. The zero-order chi connectivity index (χ0) is 16.4. The van der Waals surface area contributed by atoms with Crippen LogP contribution in [0.2, 0.25) is 0 Å². The third-order valence-corrected chi connectivity index (χ3v) is 4.36. The normalized spacial score (nSPS) is 12.4. The van der Waals surface area contributed by atoms with Gasteiger partial charge in [-0.2, -0.15) is 0 Å². The Balaban J connectivity index is 2.23. The van der Waals surface area contributed by atoms with Gasteiger partial charge in [-0.3, -0.25) is 4.79 Å². The molecule has 0 aliphatic rings. The molecule has 0 saturated heterocycles. The van der Waals surface area contributed by atoms with Gasteiger partial charge in [-0.15, -0.1) is 11.8 Å². The highest BCUT2D eigenvalue weighted by atomic mass is 32.2. The van der Waals surface area contributed by atoms with Crippen LogP contribution in [0.3, 0.4) is 0 Å². The molecule has 1 unspecified atom stereocenters. The van der Waals surface area contributed by atoms with Crippen molar-refractivity contribution in [3.05, 3.63) is 30.1 Å². The van der Waals surface area contributed by atoms with Gasteiger partial charge in [0.25, 0.3) is 0 Å². The largest absolute Gasteiger partial charge is 0.396 e. The predicted molar refractivity (Wildman–Crippen MR) is 89.4 cm³/mol. The Bertz CT molecular complexity index is 437. The molecule has 5 heteroatoms. The lowest BCUT2D eigenvalue weighted by molar-refractivity contribution is -0.120. The van der Waals surface area contributed by atoms with Crippen molar-refractivity contribution in [1.82, 2.24) is 5.32 Å². The van der Waals surface area contributed by atoms with Gasteiger partial charge in [0, 0.05) is 30.2 Å². The fourth-order valence-corrected chi connectivity index (χ4v) is 3.14. The number of hydrogen-bond donors (Lipinski definition) is 2. The fraction of sp³-hybridized carbons (Fsp3) is 0.588. The molecule has 1 aromatic carbocycles. The van der Waals surface area contributed by atoms with Crippen molar-refractivity contribution in [3.8, 4) is 0 Å². The van der Waals surface area contributed by atoms with Crippen molar-refractivity contribution in [1.29, 1.82) is 0 Å². The number of amides is 1. The lowest BCUT2D eigenvalue weighted by Gasteiger charge is -2.18. The third-order valence-electron chi connectivity index (χ3n) is 3.34. The Labute approximate surface area is 136 Å². The topological polar surface area (TPSA) is 49.3 Å². The van der Waals surface area contributed by atoms with Crippen LogP contribution in [0.5, 0.6) is 0 Å². The van der Waals surface area contributed by atoms with E-state index in [-0.39, 0.29) is 18.3 Å². The Morgan fingerprint density at radius 3 is 2.59 bits per heavy atom. The summed E-state index contributed by atoms with van der Waals surface area (Å²) in [6, 6.07) is 6.29. The summed E-state index contributed by atoms with van der Waals surface area (Å²) in [5.74, 6) is 1.34.